The number of benzene rings is 2. The molecule has 2 rings (SSSR count). The largest absolute Gasteiger partial charge is 0.508 e. The van der Waals surface area contributed by atoms with Crippen molar-refractivity contribution in [3.63, 3.8) is 0 Å². The van der Waals surface area contributed by atoms with Gasteiger partial charge in [0.1, 0.15) is 17.2 Å². The van der Waals surface area contributed by atoms with E-state index >= 15 is 0 Å². The van der Waals surface area contributed by atoms with E-state index in [-0.39, 0.29) is 0 Å². The van der Waals surface area contributed by atoms with Crippen molar-refractivity contribution in [3.05, 3.63) is 53.6 Å². The van der Waals surface area contributed by atoms with Crippen LogP contribution in [0.1, 0.15) is 11.1 Å². The first-order valence-corrected chi connectivity index (χ1v) is 6.93. The van der Waals surface area contributed by atoms with Crippen LogP contribution in [0.5, 0.6) is 17.2 Å². The fourth-order valence-corrected chi connectivity index (χ4v) is 2.16. The summed E-state index contributed by atoms with van der Waals surface area (Å²) in [6.45, 7) is 1.45. The Bertz CT molecular complexity index is 584. The third-order valence-corrected chi connectivity index (χ3v) is 3.37. The topological polar surface area (TPSA) is 50.7 Å². The maximum absolute atomic E-state index is 9.69. The molecule has 2 N–H and O–H groups in total. The van der Waals surface area contributed by atoms with E-state index in [1.165, 1.54) is 0 Å². The van der Waals surface area contributed by atoms with Crippen LogP contribution in [0, 0.1) is 0 Å². The summed E-state index contributed by atoms with van der Waals surface area (Å²) >= 11 is 0. The number of phenols is 1. The molecule has 0 fully saturated rings. The summed E-state index contributed by atoms with van der Waals surface area (Å²) < 4.78 is 10.6. The van der Waals surface area contributed by atoms with Gasteiger partial charge in [0.25, 0.3) is 0 Å². The summed E-state index contributed by atoms with van der Waals surface area (Å²) in [5.74, 6) is 1.95. The Labute approximate surface area is 125 Å². The molecule has 0 spiro atoms. The van der Waals surface area contributed by atoms with Crippen molar-refractivity contribution >= 4 is 0 Å². The number of aromatic hydroxyl groups is 1. The molecular weight excluding hydrogens is 266 g/mol. The Balaban J connectivity index is 1.87. The number of ether oxygens (including phenoxy) is 2. The first kappa shape index (κ1) is 15.2. The number of hydrogen-bond acceptors (Lipinski definition) is 4. The van der Waals surface area contributed by atoms with Gasteiger partial charge in [-0.15, -0.1) is 0 Å². The zero-order chi connectivity index (χ0) is 15.1. The van der Waals surface area contributed by atoms with Crippen molar-refractivity contribution in [3.8, 4) is 17.2 Å². The first-order chi connectivity index (χ1) is 10.2. The van der Waals surface area contributed by atoms with Crippen LogP contribution in [0.4, 0.5) is 0 Å². The lowest BCUT2D eigenvalue weighted by Crippen LogP contribution is -2.17. The molecule has 4 heteroatoms. The molecule has 21 heavy (non-hydrogen) atoms. The molecule has 0 aliphatic heterocycles. The minimum atomic E-state index is 0.326. The second-order valence-corrected chi connectivity index (χ2v) is 4.73. The van der Waals surface area contributed by atoms with Gasteiger partial charge in [0, 0.05) is 18.2 Å². The van der Waals surface area contributed by atoms with Crippen LogP contribution in [0.2, 0.25) is 0 Å². The molecule has 0 aliphatic carbocycles. The molecule has 0 saturated carbocycles. The quantitative estimate of drug-likeness (QED) is 0.769. The van der Waals surface area contributed by atoms with Gasteiger partial charge in [0.15, 0.2) is 0 Å². The predicted octanol–water partition coefficient (Wildman–Crippen LogP) is 2.74. The second kappa shape index (κ2) is 7.55. The van der Waals surface area contributed by atoms with Gasteiger partial charge in [-0.3, -0.25) is 0 Å². The Kier molecular flexibility index (Phi) is 5.46. The first-order valence-electron chi connectivity index (χ1n) is 6.93. The fraction of sp³-hybridized carbons (Fsp3) is 0.294. The third-order valence-electron chi connectivity index (χ3n) is 3.37. The van der Waals surface area contributed by atoms with E-state index in [1.807, 2.05) is 36.4 Å². The molecule has 0 heterocycles. The summed E-state index contributed by atoms with van der Waals surface area (Å²) in [7, 11) is 3.30. The second-order valence-electron chi connectivity index (χ2n) is 4.73. The summed E-state index contributed by atoms with van der Waals surface area (Å²) in [5, 5.41) is 13.0. The number of nitrogens with one attached hydrogen (secondary N) is 1. The van der Waals surface area contributed by atoms with E-state index in [2.05, 4.69) is 5.32 Å². The maximum Gasteiger partial charge on any atom is 0.125 e. The zero-order valence-corrected chi connectivity index (χ0v) is 12.4. The van der Waals surface area contributed by atoms with Gasteiger partial charge in [-0.25, -0.2) is 0 Å². The highest BCUT2D eigenvalue weighted by atomic mass is 16.5. The molecular formula is C17H21NO3. The Morgan fingerprint density at radius 3 is 2.52 bits per heavy atom. The van der Waals surface area contributed by atoms with Crippen molar-refractivity contribution in [2.75, 3.05) is 20.8 Å². The van der Waals surface area contributed by atoms with E-state index in [0.29, 0.717) is 12.3 Å². The van der Waals surface area contributed by atoms with E-state index in [0.717, 1.165) is 35.6 Å². The Morgan fingerprint density at radius 1 is 1.00 bits per heavy atom. The number of phenolic OH excluding ortho intramolecular Hbond substituents is 1. The minimum absolute atomic E-state index is 0.326. The van der Waals surface area contributed by atoms with Gasteiger partial charge in [-0.1, -0.05) is 24.3 Å². The molecule has 0 aromatic heterocycles. The fourth-order valence-electron chi connectivity index (χ4n) is 2.16. The Morgan fingerprint density at radius 2 is 1.81 bits per heavy atom. The summed E-state index contributed by atoms with van der Waals surface area (Å²) in [6, 6.07) is 13.2. The van der Waals surface area contributed by atoms with Crippen molar-refractivity contribution in [2.24, 2.45) is 0 Å². The lowest BCUT2D eigenvalue weighted by Gasteiger charge is -2.11. The van der Waals surface area contributed by atoms with Crippen molar-refractivity contribution in [2.45, 2.75) is 13.0 Å². The lowest BCUT2D eigenvalue weighted by atomic mass is 10.1. The predicted molar refractivity (Wildman–Crippen MR) is 83.1 cm³/mol. The van der Waals surface area contributed by atoms with Crippen molar-refractivity contribution in [1.82, 2.24) is 5.32 Å². The number of hydrogen-bond donors (Lipinski definition) is 2. The molecule has 0 aliphatic rings. The van der Waals surface area contributed by atoms with Gasteiger partial charge in [-0.05, 0) is 30.7 Å². The van der Waals surface area contributed by atoms with Crippen LogP contribution in [0.15, 0.2) is 42.5 Å². The van der Waals surface area contributed by atoms with Crippen LogP contribution in [-0.2, 0) is 13.0 Å². The molecule has 0 unspecified atom stereocenters. The molecule has 0 amide bonds. The number of para-hydroxylation sites is 1. The molecule has 0 atom stereocenters. The highest BCUT2D eigenvalue weighted by Gasteiger charge is 2.05. The summed E-state index contributed by atoms with van der Waals surface area (Å²) in [4.78, 5) is 0. The van der Waals surface area contributed by atoms with Crippen LogP contribution in [-0.4, -0.2) is 25.9 Å². The van der Waals surface area contributed by atoms with E-state index < -0.39 is 0 Å². The lowest BCUT2D eigenvalue weighted by molar-refractivity contribution is 0.390. The molecule has 4 nitrogen and oxygen atoms in total. The monoisotopic (exact) mass is 287 g/mol. The number of methoxy groups -OCH3 is 2. The van der Waals surface area contributed by atoms with Crippen molar-refractivity contribution in [1.29, 1.82) is 0 Å². The minimum Gasteiger partial charge on any atom is -0.508 e. The Hall–Kier alpha value is -2.20. The molecule has 0 saturated heterocycles. The normalized spacial score (nSPS) is 10.4. The van der Waals surface area contributed by atoms with E-state index in [4.69, 9.17) is 9.47 Å². The summed E-state index contributed by atoms with van der Waals surface area (Å²) in [6.07, 6.45) is 0.848. The molecule has 0 radical (unpaired) electrons. The zero-order valence-electron chi connectivity index (χ0n) is 12.4. The van der Waals surface area contributed by atoms with Gasteiger partial charge in [0.2, 0.25) is 0 Å². The SMILES string of the molecule is COc1ccc(CCNCc2ccccc2O)c(OC)c1. The van der Waals surface area contributed by atoms with Crippen LogP contribution >= 0.6 is 0 Å². The van der Waals surface area contributed by atoms with Gasteiger partial charge >= 0.3 is 0 Å². The van der Waals surface area contributed by atoms with Crippen LogP contribution in [0.3, 0.4) is 0 Å². The maximum atomic E-state index is 9.69. The van der Waals surface area contributed by atoms with Crippen molar-refractivity contribution < 1.29 is 14.6 Å². The standard InChI is InChI=1S/C17H21NO3/c1-20-15-8-7-13(17(11-15)21-2)9-10-18-12-14-5-3-4-6-16(14)19/h3-8,11,18-19H,9-10,12H2,1-2H3. The van der Waals surface area contributed by atoms with E-state index in [1.54, 1.807) is 20.3 Å². The van der Waals surface area contributed by atoms with Gasteiger partial charge in [0.05, 0.1) is 14.2 Å². The average Bonchev–Trinajstić information content (AvgIpc) is 2.53. The van der Waals surface area contributed by atoms with Crippen LogP contribution in [0.25, 0.3) is 0 Å². The third kappa shape index (κ3) is 4.13. The number of rotatable bonds is 7. The smallest absolute Gasteiger partial charge is 0.125 e. The average molecular weight is 287 g/mol. The molecule has 112 valence electrons. The van der Waals surface area contributed by atoms with Gasteiger partial charge in [-0.2, -0.15) is 0 Å². The molecule has 2 aromatic carbocycles. The molecule has 0 bridgehead atoms. The van der Waals surface area contributed by atoms with E-state index in [9.17, 15) is 5.11 Å². The van der Waals surface area contributed by atoms with Crippen LogP contribution < -0.4 is 14.8 Å². The highest BCUT2D eigenvalue weighted by Crippen LogP contribution is 2.24. The van der Waals surface area contributed by atoms with Gasteiger partial charge < -0.3 is 19.9 Å². The highest BCUT2D eigenvalue weighted by molar-refractivity contribution is 5.41. The molecule has 2 aromatic rings. The summed E-state index contributed by atoms with van der Waals surface area (Å²) in [5.41, 5.74) is 2.03.